The zero-order valence-corrected chi connectivity index (χ0v) is 17.6. The molecule has 0 saturated heterocycles. The van der Waals surface area contributed by atoms with Crippen LogP contribution in [0.4, 0.5) is 0 Å². The number of rotatable bonds is 8. The summed E-state index contributed by atoms with van der Waals surface area (Å²) in [5.41, 5.74) is 8.05. The predicted molar refractivity (Wildman–Crippen MR) is 110 cm³/mol. The van der Waals surface area contributed by atoms with E-state index in [-0.39, 0.29) is 4.90 Å². The Balaban J connectivity index is 1.88. The van der Waals surface area contributed by atoms with E-state index >= 15 is 0 Å². The van der Waals surface area contributed by atoms with E-state index in [2.05, 4.69) is 20.2 Å². The minimum absolute atomic E-state index is 0.288. The van der Waals surface area contributed by atoms with Gasteiger partial charge in [-0.15, -0.1) is 10.2 Å². The number of nitrogens with two attached hydrogens (primary N) is 1. The summed E-state index contributed by atoms with van der Waals surface area (Å²) in [5, 5.41) is 7.69. The summed E-state index contributed by atoms with van der Waals surface area (Å²) >= 11 is 0. The second-order valence-electron chi connectivity index (χ2n) is 7.05. The van der Waals surface area contributed by atoms with Crippen molar-refractivity contribution in [2.45, 2.75) is 50.2 Å². The van der Waals surface area contributed by atoms with Gasteiger partial charge in [0.1, 0.15) is 5.69 Å². The first-order chi connectivity index (χ1) is 13.8. The van der Waals surface area contributed by atoms with Crippen LogP contribution in [-0.2, 0) is 16.3 Å². The summed E-state index contributed by atoms with van der Waals surface area (Å²) in [6.07, 6.45) is 4.09. The number of sulfone groups is 1. The molecule has 9 heteroatoms. The van der Waals surface area contributed by atoms with Crippen molar-refractivity contribution in [1.29, 1.82) is 0 Å². The molecule has 0 spiro atoms. The van der Waals surface area contributed by atoms with Crippen LogP contribution in [0.1, 0.15) is 38.3 Å². The summed E-state index contributed by atoms with van der Waals surface area (Å²) in [7, 11) is -3.32. The number of aromatic nitrogens is 4. The zero-order chi connectivity index (χ0) is 21.0. The van der Waals surface area contributed by atoms with E-state index in [0.29, 0.717) is 41.8 Å². The van der Waals surface area contributed by atoms with Gasteiger partial charge in [0.15, 0.2) is 9.84 Å². The minimum Gasteiger partial charge on any atom is -0.419 e. The first-order valence-corrected chi connectivity index (χ1v) is 11.1. The Morgan fingerprint density at radius 3 is 2.48 bits per heavy atom. The normalized spacial score (nSPS) is 11.9. The predicted octanol–water partition coefficient (Wildman–Crippen LogP) is 2.97. The third-order valence-electron chi connectivity index (χ3n) is 4.57. The van der Waals surface area contributed by atoms with Gasteiger partial charge < -0.3 is 10.2 Å². The lowest BCUT2D eigenvalue weighted by molar-refractivity contribution is 0.492. The molecular weight excluding hydrogens is 390 g/mol. The van der Waals surface area contributed by atoms with Crippen molar-refractivity contribution >= 4 is 9.84 Å². The van der Waals surface area contributed by atoms with Crippen LogP contribution < -0.4 is 5.73 Å². The topological polar surface area (TPSA) is 125 Å². The Hall–Kier alpha value is -2.65. The summed E-state index contributed by atoms with van der Waals surface area (Å²) in [4.78, 5) is 9.30. The second kappa shape index (κ2) is 8.79. The van der Waals surface area contributed by atoms with Crippen molar-refractivity contribution < 1.29 is 12.8 Å². The quantitative estimate of drug-likeness (QED) is 0.557. The van der Waals surface area contributed by atoms with E-state index in [9.17, 15) is 8.42 Å². The van der Waals surface area contributed by atoms with Crippen LogP contribution in [0, 0.1) is 6.92 Å². The molecule has 8 nitrogen and oxygen atoms in total. The zero-order valence-electron chi connectivity index (χ0n) is 16.8. The molecule has 2 heterocycles. The van der Waals surface area contributed by atoms with Crippen LogP contribution in [0.15, 0.2) is 39.8 Å². The smallest absolute Gasteiger partial charge is 0.268 e. The molecule has 2 aromatic heterocycles. The highest BCUT2D eigenvalue weighted by Crippen LogP contribution is 2.25. The van der Waals surface area contributed by atoms with Crippen LogP contribution in [0.25, 0.3) is 22.8 Å². The van der Waals surface area contributed by atoms with Gasteiger partial charge in [0.25, 0.3) is 5.89 Å². The number of nitrogens with zero attached hydrogens (tertiary/aromatic N) is 4. The third kappa shape index (κ3) is 4.68. The van der Waals surface area contributed by atoms with E-state index < -0.39 is 15.1 Å². The van der Waals surface area contributed by atoms with Crippen molar-refractivity contribution in [1.82, 2.24) is 20.2 Å². The summed E-state index contributed by atoms with van der Waals surface area (Å²) in [5.74, 6) is 0.863. The molecule has 0 bridgehead atoms. The van der Waals surface area contributed by atoms with Crippen LogP contribution in [0.5, 0.6) is 0 Å². The summed E-state index contributed by atoms with van der Waals surface area (Å²) in [6, 6.07) is 6.64. The van der Waals surface area contributed by atoms with Gasteiger partial charge in [0.05, 0.1) is 27.7 Å². The van der Waals surface area contributed by atoms with Crippen molar-refractivity contribution in [3.63, 3.8) is 0 Å². The first kappa shape index (κ1) is 21.1. The minimum atomic E-state index is -3.32. The van der Waals surface area contributed by atoms with Gasteiger partial charge in [-0.2, -0.15) is 0 Å². The van der Waals surface area contributed by atoms with Gasteiger partial charge in [0, 0.05) is 12.0 Å². The van der Waals surface area contributed by atoms with E-state index in [0.717, 1.165) is 18.4 Å². The van der Waals surface area contributed by atoms with Gasteiger partial charge in [-0.05, 0) is 52.3 Å². The van der Waals surface area contributed by atoms with Crippen molar-refractivity contribution in [2.24, 2.45) is 5.73 Å². The standard InChI is InChI=1S/C20H25N5O3S/c1-13(2)29(26,27)16-9-7-15(8-10-16)17-12-22-14(3)19(23-17)20-25-24-18(28-20)6-4-5-11-21/h7-10,12-13H,4-6,11,21H2,1-3H3. The Kier molecular flexibility index (Phi) is 6.39. The van der Waals surface area contributed by atoms with Crippen molar-refractivity contribution in [3.05, 3.63) is 42.0 Å². The highest BCUT2D eigenvalue weighted by atomic mass is 32.2. The summed E-state index contributed by atoms with van der Waals surface area (Å²) in [6.45, 7) is 5.78. The Morgan fingerprint density at radius 1 is 1.10 bits per heavy atom. The molecule has 154 valence electrons. The van der Waals surface area contributed by atoms with Crippen LogP contribution in [0.2, 0.25) is 0 Å². The number of unbranched alkanes of at least 4 members (excludes halogenated alkanes) is 1. The van der Waals surface area contributed by atoms with Crippen molar-refractivity contribution in [2.75, 3.05) is 6.54 Å². The SMILES string of the molecule is Cc1ncc(-c2ccc(S(=O)(=O)C(C)C)cc2)nc1-c1nnc(CCCCN)o1. The molecule has 0 aliphatic heterocycles. The fraction of sp³-hybridized carbons (Fsp3) is 0.400. The monoisotopic (exact) mass is 415 g/mol. The van der Waals surface area contributed by atoms with Gasteiger partial charge in [-0.25, -0.2) is 13.4 Å². The maximum Gasteiger partial charge on any atom is 0.268 e. The van der Waals surface area contributed by atoms with Crippen LogP contribution in [0.3, 0.4) is 0 Å². The number of hydrogen-bond donors (Lipinski definition) is 1. The molecular formula is C20H25N5O3S. The number of benzene rings is 1. The molecule has 0 saturated carbocycles. The highest BCUT2D eigenvalue weighted by molar-refractivity contribution is 7.92. The summed E-state index contributed by atoms with van der Waals surface area (Å²) < 4.78 is 30.3. The molecule has 0 radical (unpaired) electrons. The average Bonchev–Trinajstić information content (AvgIpc) is 3.17. The molecule has 0 unspecified atom stereocenters. The lowest BCUT2D eigenvalue weighted by Gasteiger charge is -2.09. The maximum atomic E-state index is 12.3. The Labute approximate surface area is 170 Å². The second-order valence-corrected chi connectivity index (χ2v) is 9.56. The lowest BCUT2D eigenvalue weighted by atomic mass is 10.1. The molecule has 1 aromatic carbocycles. The van der Waals surface area contributed by atoms with E-state index in [4.69, 9.17) is 10.2 Å². The number of hydrogen-bond acceptors (Lipinski definition) is 8. The Bertz CT molecular complexity index is 1080. The lowest BCUT2D eigenvalue weighted by Crippen LogP contribution is -2.13. The van der Waals surface area contributed by atoms with Gasteiger partial charge >= 0.3 is 0 Å². The highest BCUT2D eigenvalue weighted by Gasteiger charge is 2.19. The molecule has 0 amide bonds. The molecule has 0 aliphatic rings. The molecule has 2 N–H and O–H groups in total. The van der Waals surface area contributed by atoms with Gasteiger partial charge in [-0.1, -0.05) is 12.1 Å². The van der Waals surface area contributed by atoms with E-state index in [1.807, 2.05) is 6.92 Å². The fourth-order valence-electron chi connectivity index (χ4n) is 2.75. The Morgan fingerprint density at radius 2 is 1.83 bits per heavy atom. The van der Waals surface area contributed by atoms with E-state index in [1.54, 1.807) is 44.3 Å². The fourth-order valence-corrected chi connectivity index (χ4v) is 3.81. The molecule has 3 aromatic rings. The van der Waals surface area contributed by atoms with Gasteiger partial charge in [-0.3, -0.25) is 4.98 Å². The largest absolute Gasteiger partial charge is 0.419 e. The maximum absolute atomic E-state index is 12.3. The molecule has 0 aliphatic carbocycles. The van der Waals surface area contributed by atoms with Crippen molar-refractivity contribution in [3.8, 4) is 22.8 Å². The van der Waals surface area contributed by atoms with E-state index in [1.165, 1.54) is 0 Å². The van der Waals surface area contributed by atoms with Gasteiger partial charge in [0.2, 0.25) is 5.89 Å². The average molecular weight is 416 g/mol. The third-order valence-corrected chi connectivity index (χ3v) is 6.74. The number of aryl methyl sites for hydroxylation is 2. The molecule has 29 heavy (non-hydrogen) atoms. The van der Waals surface area contributed by atoms with Crippen LogP contribution >= 0.6 is 0 Å². The van der Waals surface area contributed by atoms with Crippen LogP contribution in [-0.4, -0.2) is 40.4 Å². The molecule has 3 rings (SSSR count). The molecule has 0 fully saturated rings. The molecule has 0 atom stereocenters. The first-order valence-electron chi connectivity index (χ1n) is 9.53.